The lowest BCUT2D eigenvalue weighted by molar-refractivity contribution is 0.0682. The van der Waals surface area contributed by atoms with Crippen LogP contribution in [0.25, 0.3) is 22.3 Å². The molecule has 4 rings (SSSR count). The van der Waals surface area contributed by atoms with Crippen molar-refractivity contribution in [2.24, 2.45) is 0 Å². The third kappa shape index (κ3) is 5.09. The number of aromatic hydroxyl groups is 2. The number of carboxylic acids is 2. The molecule has 4 N–H and O–H groups in total. The molecule has 4 aromatic carbocycles. The summed E-state index contributed by atoms with van der Waals surface area (Å²) in [5.41, 5.74) is 1.95. The first kappa shape index (κ1) is 24.1. The zero-order chi connectivity index (χ0) is 25.3. The van der Waals surface area contributed by atoms with Crippen LogP contribution in [0.1, 0.15) is 31.8 Å². The van der Waals surface area contributed by atoms with Crippen LogP contribution >= 0.6 is 23.2 Å². The van der Waals surface area contributed by atoms with Crippen LogP contribution in [0.2, 0.25) is 10.0 Å². The third-order valence-electron chi connectivity index (χ3n) is 5.54. The normalized spacial score (nSPS) is 10.8. The van der Waals surface area contributed by atoms with Crippen molar-refractivity contribution in [3.8, 4) is 33.8 Å². The summed E-state index contributed by atoms with van der Waals surface area (Å²) in [5, 5.41) is 41.6. The molecule has 0 atom stereocenters. The molecule has 0 fully saturated rings. The molecular weight excluding hydrogens is 491 g/mol. The Morgan fingerprint density at radius 2 is 1.00 bits per heavy atom. The number of phenols is 2. The Labute approximate surface area is 210 Å². The van der Waals surface area contributed by atoms with E-state index in [1.165, 1.54) is 12.1 Å². The van der Waals surface area contributed by atoms with Gasteiger partial charge in [0.2, 0.25) is 0 Å². The zero-order valence-electron chi connectivity index (χ0n) is 18.0. The molecule has 0 saturated carbocycles. The Hall–Kier alpha value is -4.00. The predicted octanol–water partition coefficient (Wildman–Crippen LogP) is 6.73. The van der Waals surface area contributed by atoms with Gasteiger partial charge in [0.05, 0.1) is 0 Å². The molecule has 0 aliphatic carbocycles. The highest BCUT2D eigenvalue weighted by Crippen LogP contribution is 2.37. The summed E-state index contributed by atoms with van der Waals surface area (Å²) in [6.07, 6.45) is -0.138. The van der Waals surface area contributed by atoms with Crippen LogP contribution in [-0.4, -0.2) is 32.4 Å². The lowest BCUT2D eigenvalue weighted by atomic mass is 9.92. The standard InChI is InChI=1S/C27H18Cl2O6/c28-20-5-1-3-14(10-20)16-7-18(24(30)22(12-16)26(32)33)9-19-8-17(13-23(25(19)31)27(34)35)15-4-2-6-21(29)11-15/h1-8,10-13,30-31H,9H2,(H,32,33)(H,34,35). The Morgan fingerprint density at radius 1 is 0.600 bits per heavy atom. The van der Waals surface area contributed by atoms with Crippen LogP contribution in [0, 0.1) is 0 Å². The topological polar surface area (TPSA) is 115 Å². The third-order valence-corrected chi connectivity index (χ3v) is 6.01. The molecule has 0 spiro atoms. The van der Waals surface area contributed by atoms with Crippen LogP contribution in [0.4, 0.5) is 0 Å². The fourth-order valence-electron chi connectivity index (χ4n) is 3.86. The first-order chi connectivity index (χ1) is 16.6. The minimum absolute atomic E-state index is 0.138. The van der Waals surface area contributed by atoms with E-state index in [9.17, 15) is 30.0 Å². The van der Waals surface area contributed by atoms with Crippen LogP contribution in [0.3, 0.4) is 0 Å². The van der Waals surface area contributed by atoms with Gasteiger partial charge in [0.1, 0.15) is 22.6 Å². The van der Waals surface area contributed by atoms with Gasteiger partial charge in [0.25, 0.3) is 0 Å². The molecule has 35 heavy (non-hydrogen) atoms. The first-order valence-electron chi connectivity index (χ1n) is 10.3. The van der Waals surface area contributed by atoms with Crippen molar-refractivity contribution >= 4 is 35.1 Å². The van der Waals surface area contributed by atoms with E-state index in [1.54, 1.807) is 60.7 Å². The smallest absolute Gasteiger partial charge is 0.339 e. The molecule has 0 aliphatic rings. The maximum absolute atomic E-state index is 11.8. The van der Waals surface area contributed by atoms with Crippen molar-refractivity contribution in [1.29, 1.82) is 0 Å². The van der Waals surface area contributed by atoms with Gasteiger partial charge in [0.15, 0.2) is 0 Å². The van der Waals surface area contributed by atoms with E-state index in [0.29, 0.717) is 32.3 Å². The van der Waals surface area contributed by atoms with Crippen LogP contribution in [0.15, 0.2) is 72.8 Å². The molecule has 0 unspecified atom stereocenters. The number of hydrogen-bond acceptors (Lipinski definition) is 4. The summed E-state index contributed by atoms with van der Waals surface area (Å²) in [4.78, 5) is 23.7. The van der Waals surface area contributed by atoms with Gasteiger partial charge in [-0.2, -0.15) is 0 Å². The second kappa shape index (κ2) is 9.70. The molecule has 0 aromatic heterocycles. The Bertz CT molecular complexity index is 1370. The van der Waals surface area contributed by atoms with E-state index in [1.807, 2.05) is 0 Å². The summed E-state index contributed by atoms with van der Waals surface area (Å²) >= 11 is 12.2. The summed E-state index contributed by atoms with van der Waals surface area (Å²) in [6, 6.07) is 19.4. The van der Waals surface area contributed by atoms with Gasteiger partial charge in [-0.05, 0) is 81.9 Å². The van der Waals surface area contributed by atoms with E-state index < -0.39 is 23.4 Å². The van der Waals surface area contributed by atoms with Gasteiger partial charge in [0, 0.05) is 16.5 Å². The molecule has 0 amide bonds. The highest BCUT2D eigenvalue weighted by atomic mass is 35.5. The van der Waals surface area contributed by atoms with E-state index >= 15 is 0 Å². The van der Waals surface area contributed by atoms with Crippen molar-refractivity contribution in [2.75, 3.05) is 0 Å². The van der Waals surface area contributed by atoms with Gasteiger partial charge < -0.3 is 20.4 Å². The largest absolute Gasteiger partial charge is 0.507 e. The minimum atomic E-state index is -1.34. The molecule has 0 radical (unpaired) electrons. The van der Waals surface area contributed by atoms with Gasteiger partial charge in [-0.3, -0.25) is 0 Å². The van der Waals surface area contributed by atoms with Crippen LogP contribution in [0.5, 0.6) is 11.5 Å². The van der Waals surface area contributed by atoms with Crippen molar-refractivity contribution in [3.63, 3.8) is 0 Å². The van der Waals surface area contributed by atoms with E-state index in [0.717, 1.165) is 0 Å². The molecule has 4 aromatic rings. The lowest BCUT2D eigenvalue weighted by Gasteiger charge is -2.15. The number of rotatable bonds is 6. The molecule has 176 valence electrons. The van der Waals surface area contributed by atoms with Crippen LogP contribution in [-0.2, 0) is 6.42 Å². The quantitative estimate of drug-likeness (QED) is 0.229. The summed E-state index contributed by atoms with van der Waals surface area (Å²) in [7, 11) is 0. The summed E-state index contributed by atoms with van der Waals surface area (Å²) in [5.74, 6) is -3.63. The number of carbonyl (C=O) groups is 2. The average molecular weight is 509 g/mol. The van der Waals surface area contributed by atoms with E-state index in [4.69, 9.17) is 23.2 Å². The van der Waals surface area contributed by atoms with Crippen molar-refractivity contribution in [1.82, 2.24) is 0 Å². The monoisotopic (exact) mass is 508 g/mol. The highest BCUT2D eigenvalue weighted by molar-refractivity contribution is 6.31. The molecule has 0 bridgehead atoms. The fraction of sp³-hybridized carbons (Fsp3) is 0.0370. The molecule has 8 heteroatoms. The number of halogens is 2. The second-order valence-electron chi connectivity index (χ2n) is 7.87. The molecule has 0 aliphatic heterocycles. The Kier molecular flexibility index (Phi) is 6.69. The zero-order valence-corrected chi connectivity index (χ0v) is 19.5. The average Bonchev–Trinajstić information content (AvgIpc) is 2.81. The van der Waals surface area contributed by atoms with Crippen molar-refractivity contribution in [3.05, 3.63) is 105 Å². The number of aromatic carboxylic acids is 2. The number of carboxylic acid groups (broad SMARTS) is 2. The SMILES string of the molecule is O=C(O)c1cc(-c2cccc(Cl)c2)cc(Cc2cc(-c3cccc(Cl)c3)cc(C(=O)O)c2O)c1O. The van der Waals surface area contributed by atoms with Gasteiger partial charge in [-0.1, -0.05) is 47.5 Å². The molecular formula is C27H18Cl2O6. The number of hydrogen-bond donors (Lipinski definition) is 4. The van der Waals surface area contributed by atoms with Gasteiger partial charge in [-0.15, -0.1) is 0 Å². The maximum Gasteiger partial charge on any atom is 0.339 e. The van der Waals surface area contributed by atoms with Gasteiger partial charge >= 0.3 is 11.9 Å². The molecule has 6 nitrogen and oxygen atoms in total. The molecule has 0 saturated heterocycles. The van der Waals surface area contributed by atoms with E-state index in [2.05, 4.69) is 0 Å². The maximum atomic E-state index is 11.8. The lowest BCUT2D eigenvalue weighted by Crippen LogP contribution is -2.04. The first-order valence-corrected chi connectivity index (χ1v) is 11.1. The van der Waals surface area contributed by atoms with Crippen molar-refractivity contribution in [2.45, 2.75) is 6.42 Å². The van der Waals surface area contributed by atoms with Crippen LogP contribution < -0.4 is 0 Å². The molecule has 0 heterocycles. The minimum Gasteiger partial charge on any atom is -0.507 e. The summed E-state index contributed by atoms with van der Waals surface area (Å²) < 4.78 is 0. The second-order valence-corrected chi connectivity index (χ2v) is 8.74. The van der Waals surface area contributed by atoms with Crippen molar-refractivity contribution < 1.29 is 30.0 Å². The Morgan fingerprint density at radius 3 is 1.34 bits per heavy atom. The number of benzene rings is 4. The fourth-order valence-corrected chi connectivity index (χ4v) is 4.24. The van der Waals surface area contributed by atoms with E-state index in [-0.39, 0.29) is 28.7 Å². The predicted molar refractivity (Wildman–Crippen MR) is 134 cm³/mol. The summed E-state index contributed by atoms with van der Waals surface area (Å²) in [6.45, 7) is 0. The Balaban J connectivity index is 1.89. The highest BCUT2D eigenvalue weighted by Gasteiger charge is 2.21. The van der Waals surface area contributed by atoms with Gasteiger partial charge in [-0.25, -0.2) is 9.59 Å².